The van der Waals surface area contributed by atoms with Crippen LogP contribution in [0.3, 0.4) is 0 Å². The van der Waals surface area contributed by atoms with E-state index in [1.54, 1.807) is 7.05 Å². The molecule has 12 heavy (non-hydrogen) atoms. The van der Waals surface area contributed by atoms with Gasteiger partial charge in [0.2, 0.25) is 0 Å². The van der Waals surface area contributed by atoms with E-state index in [2.05, 4.69) is 12.2 Å². The Morgan fingerprint density at radius 1 is 1.33 bits per heavy atom. The van der Waals surface area contributed by atoms with Gasteiger partial charge >= 0.3 is 5.97 Å². The maximum atomic E-state index is 10.8. The largest absolute Gasteiger partial charge is 0.465 e. The van der Waals surface area contributed by atoms with E-state index in [0.717, 1.165) is 12.8 Å². The summed E-state index contributed by atoms with van der Waals surface area (Å²) in [6.45, 7) is 3.04. The lowest BCUT2D eigenvalue weighted by Crippen LogP contribution is -2.21. The molecule has 0 amide bonds. The normalized spacial score (nSPS) is 9.83. The molecule has 0 spiro atoms. The van der Waals surface area contributed by atoms with E-state index >= 15 is 0 Å². The number of nitrogens with one attached hydrogen (secondary N) is 1. The Morgan fingerprint density at radius 3 is 2.67 bits per heavy atom. The standard InChI is InChI=1S/C9H19NO2/c1-3-4-5-6-7-12-9(11)8-10-2/h10H,3-8H2,1-2H3. The van der Waals surface area contributed by atoms with Crippen LogP contribution >= 0.6 is 0 Å². The number of carbonyl (C=O) groups excluding carboxylic acids is 1. The van der Waals surface area contributed by atoms with Crippen molar-refractivity contribution in [1.29, 1.82) is 0 Å². The summed E-state index contributed by atoms with van der Waals surface area (Å²) in [6.07, 6.45) is 4.58. The first-order chi connectivity index (χ1) is 5.81. The molecule has 0 fully saturated rings. The van der Waals surface area contributed by atoms with Gasteiger partial charge in [-0.3, -0.25) is 4.79 Å². The van der Waals surface area contributed by atoms with Crippen molar-refractivity contribution in [3.63, 3.8) is 0 Å². The minimum Gasteiger partial charge on any atom is -0.465 e. The Morgan fingerprint density at radius 2 is 2.08 bits per heavy atom. The van der Waals surface area contributed by atoms with Gasteiger partial charge in [-0.05, 0) is 13.5 Å². The third-order valence-corrected chi connectivity index (χ3v) is 1.58. The predicted octanol–water partition coefficient (Wildman–Crippen LogP) is 1.33. The second-order valence-corrected chi connectivity index (χ2v) is 2.81. The highest BCUT2D eigenvalue weighted by atomic mass is 16.5. The van der Waals surface area contributed by atoms with Gasteiger partial charge in [-0.2, -0.15) is 0 Å². The zero-order valence-corrected chi connectivity index (χ0v) is 8.06. The van der Waals surface area contributed by atoms with E-state index in [4.69, 9.17) is 4.74 Å². The molecule has 3 nitrogen and oxygen atoms in total. The van der Waals surface area contributed by atoms with Crippen LogP contribution in [-0.2, 0) is 9.53 Å². The second kappa shape index (κ2) is 8.53. The Balaban J connectivity index is 3.03. The topological polar surface area (TPSA) is 38.3 Å². The molecule has 0 aromatic heterocycles. The van der Waals surface area contributed by atoms with Crippen molar-refractivity contribution in [2.75, 3.05) is 20.2 Å². The summed E-state index contributed by atoms with van der Waals surface area (Å²) in [5.41, 5.74) is 0. The maximum absolute atomic E-state index is 10.8. The highest BCUT2D eigenvalue weighted by Gasteiger charge is 1.98. The summed E-state index contributed by atoms with van der Waals surface area (Å²) in [6, 6.07) is 0. The second-order valence-electron chi connectivity index (χ2n) is 2.81. The van der Waals surface area contributed by atoms with Gasteiger partial charge in [0.25, 0.3) is 0 Å². The lowest BCUT2D eigenvalue weighted by molar-refractivity contribution is -0.142. The molecule has 0 heterocycles. The Labute approximate surface area is 74.5 Å². The molecule has 3 heteroatoms. The van der Waals surface area contributed by atoms with Gasteiger partial charge in [0.15, 0.2) is 0 Å². The van der Waals surface area contributed by atoms with Crippen LogP contribution in [-0.4, -0.2) is 26.2 Å². The molecule has 0 aliphatic heterocycles. The zero-order valence-electron chi connectivity index (χ0n) is 8.06. The molecule has 1 N–H and O–H groups in total. The Bertz CT molecular complexity index is 115. The van der Waals surface area contributed by atoms with Gasteiger partial charge in [-0.15, -0.1) is 0 Å². The van der Waals surface area contributed by atoms with Crippen molar-refractivity contribution < 1.29 is 9.53 Å². The maximum Gasteiger partial charge on any atom is 0.319 e. The molecule has 0 unspecified atom stereocenters. The molecule has 0 aromatic rings. The minimum atomic E-state index is -0.158. The molecule has 0 atom stereocenters. The van der Waals surface area contributed by atoms with Crippen molar-refractivity contribution in [1.82, 2.24) is 5.32 Å². The van der Waals surface area contributed by atoms with Crippen LogP contribution in [0.25, 0.3) is 0 Å². The van der Waals surface area contributed by atoms with E-state index in [1.165, 1.54) is 12.8 Å². The minimum absolute atomic E-state index is 0.158. The molecule has 72 valence electrons. The molecule has 0 radical (unpaired) electrons. The molecule has 0 aliphatic rings. The van der Waals surface area contributed by atoms with Crippen molar-refractivity contribution in [3.8, 4) is 0 Å². The van der Waals surface area contributed by atoms with Crippen LogP contribution < -0.4 is 5.32 Å². The molecular formula is C9H19NO2. The smallest absolute Gasteiger partial charge is 0.319 e. The highest BCUT2D eigenvalue weighted by molar-refractivity contribution is 5.71. The molecule has 0 saturated heterocycles. The van der Waals surface area contributed by atoms with E-state index in [1.807, 2.05) is 0 Å². The summed E-state index contributed by atoms with van der Waals surface area (Å²) in [5.74, 6) is -0.158. The number of hydrogen-bond acceptors (Lipinski definition) is 3. The van der Waals surface area contributed by atoms with Crippen LogP contribution in [0.5, 0.6) is 0 Å². The Kier molecular flexibility index (Phi) is 8.12. The molecule has 0 aliphatic carbocycles. The number of unbranched alkanes of at least 4 members (excludes halogenated alkanes) is 3. The van der Waals surface area contributed by atoms with E-state index in [0.29, 0.717) is 13.2 Å². The fraction of sp³-hybridized carbons (Fsp3) is 0.889. The van der Waals surface area contributed by atoms with Gasteiger partial charge in [0.05, 0.1) is 13.2 Å². The zero-order chi connectivity index (χ0) is 9.23. The van der Waals surface area contributed by atoms with E-state index in [9.17, 15) is 4.79 Å². The fourth-order valence-corrected chi connectivity index (χ4v) is 0.910. The molecule has 0 bridgehead atoms. The highest BCUT2D eigenvalue weighted by Crippen LogP contribution is 1.98. The van der Waals surface area contributed by atoms with Crippen LogP contribution in [0.4, 0.5) is 0 Å². The average molecular weight is 173 g/mol. The molecule has 0 rings (SSSR count). The van der Waals surface area contributed by atoms with Crippen molar-refractivity contribution in [3.05, 3.63) is 0 Å². The van der Waals surface area contributed by atoms with Crippen LogP contribution in [0.2, 0.25) is 0 Å². The third-order valence-electron chi connectivity index (χ3n) is 1.58. The van der Waals surface area contributed by atoms with Crippen LogP contribution in [0.15, 0.2) is 0 Å². The first kappa shape index (κ1) is 11.4. The summed E-state index contributed by atoms with van der Waals surface area (Å²) < 4.78 is 4.93. The first-order valence-corrected chi connectivity index (χ1v) is 4.61. The van der Waals surface area contributed by atoms with Gasteiger partial charge in [0.1, 0.15) is 0 Å². The summed E-state index contributed by atoms with van der Waals surface area (Å²) in [4.78, 5) is 10.8. The first-order valence-electron chi connectivity index (χ1n) is 4.61. The number of rotatable bonds is 7. The lowest BCUT2D eigenvalue weighted by atomic mass is 10.2. The van der Waals surface area contributed by atoms with Crippen molar-refractivity contribution >= 4 is 5.97 Å². The van der Waals surface area contributed by atoms with E-state index < -0.39 is 0 Å². The van der Waals surface area contributed by atoms with E-state index in [-0.39, 0.29) is 5.97 Å². The SMILES string of the molecule is CCCCCCOC(=O)CNC. The van der Waals surface area contributed by atoms with Gasteiger partial charge in [-0.1, -0.05) is 26.2 Å². The number of esters is 1. The fourth-order valence-electron chi connectivity index (χ4n) is 0.910. The summed E-state index contributed by atoms with van der Waals surface area (Å²) in [5, 5.41) is 2.74. The van der Waals surface area contributed by atoms with Crippen molar-refractivity contribution in [2.24, 2.45) is 0 Å². The quantitative estimate of drug-likeness (QED) is 0.466. The molecule has 0 saturated carbocycles. The molecule has 0 aromatic carbocycles. The number of likely N-dealkylation sites (N-methyl/N-ethyl adjacent to an activating group) is 1. The third kappa shape index (κ3) is 7.54. The number of carbonyl (C=O) groups is 1. The predicted molar refractivity (Wildman–Crippen MR) is 49.0 cm³/mol. The number of hydrogen-bond donors (Lipinski definition) is 1. The Hall–Kier alpha value is -0.570. The van der Waals surface area contributed by atoms with Crippen LogP contribution in [0.1, 0.15) is 32.6 Å². The van der Waals surface area contributed by atoms with Crippen molar-refractivity contribution in [2.45, 2.75) is 32.6 Å². The summed E-state index contributed by atoms with van der Waals surface area (Å²) >= 11 is 0. The average Bonchev–Trinajstić information content (AvgIpc) is 2.05. The molecular weight excluding hydrogens is 154 g/mol. The lowest BCUT2D eigenvalue weighted by Gasteiger charge is -2.03. The van der Waals surface area contributed by atoms with Gasteiger partial charge in [0, 0.05) is 0 Å². The van der Waals surface area contributed by atoms with Crippen LogP contribution in [0, 0.1) is 0 Å². The summed E-state index contributed by atoms with van der Waals surface area (Å²) in [7, 11) is 1.73. The van der Waals surface area contributed by atoms with Gasteiger partial charge < -0.3 is 10.1 Å². The number of ether oxygens (including phenoxy) is 1. The van der Waals surface area contributed by atoms with Gasteiger partial charge in [-0.25, -0.2) is 0 Å². The monoisotopic (exact) mass is 173 g/mol.